The van der Waals surface area contributed by atoms with Gasteiger partial charge in [-0.05, 0) is 19.9 Å². The molecule has 6 rings (SSSR count). The number of hydrogen-bond acceptors (Lipinski definition) is 15. The van der Waals surface area contributed by atoms with Gasteiger partial charge in [-0.25, -0.2) is 0 Å². The highest BCUT2D eigenvalue weighted by Gasteiger charge is 2.52. The second-order valence-corrected chi connectivity index (χ2v) is 13.8. The Morgan fingerprint density at radius 1 is 1.00 bits per heavy atom. The fourth-order valence-corrected chi connectivity index (χ4v) is 7.65. The molecule has 1 amide bonds. The van der Waals surface area contributed by atoms with E-state index in [0.29, 0.717) is 0 Å². The quantitative estimate of drug-likeness (QED) is 0.157. The monoisotopic (exact) mass is 804 g/mol. The topological polar surface area (TPSA) is 254 Å². The Balaban J connectivity index is 0.00000580. The van der Waals surface area contributed by atoms with Gasteiger partial charge in [-0.3, -0.25) is 19.2 Å². The average Bonchev–Trinajstić information content (AvgIpc) is 3.11. The maximum atomic E-state index is 13.9. The number of rotatable bonds is 8. The lowest BCUT2D eigenvalue weighted by Crippen LogP contribution is -2.60. The zero-order valence-electron chi connectivity index (χ0n) is 29.5. The van der Waals surface area contributed by atoms with Gasteiger partial charge in [0.2, 0.25) is 5.78 Å². The number of aromatic hydroxyl groups is 2. The van der Waals surface area contributed by atoms with Gasteiger partial charge in [0.15, 0.2) is 24.1 Å². The summed E-state index contributed by atoms with van der Waals surface area (Å²) in [6.07, 6.45) is -16.1. The molecule has 2 heterocycles. The van der Waals surface area contributed by atoms with Gasteiger partial charge in [-0.2, -0.15) is 13.2 Å². The van der Waals surface area contributed by atoms with Crippen LogP contribution in [-0.4, -0.2) is 123 Å². The molecule has 55 heavy (non-hydrogen) atoms. The number of halogens is 4. The van der Waals surface area contributed by atoms with Gasteiger partial charge in [-0.15, -0.1) is 12.4 Å². The zero-order valence-corrected chi connectivity index (χ0v) is 30.3. The van der Waals surface area contributed by atoms with Gasteiger partial charge in [0, 0.05) is 48.4 Å². The molecule has 0 spiro atoms. The molecule has 20 heteroatoms. The first-order chi connectivity index (χ1) is 25.3. The molecule has 2 aliphatic heterocycles. The first kappa shape index (κ1) is 42.2. The molecule has 2 saturated heterocycles. The van der Waals surface area contributed by atoms with Crippen LogP contribution in [0.2, 0.25) is 0 Å². The summed E-state index contributed by atoms with van der Waals surface area (Å²) in [4.78, 5) is 52.8. The minimum absolute atomic E-state index is 0. The number of carbonyl (C=O) groups excluding carboxylic acids is 4. The number of phenolic OH excluding ortho intramolecular Hbond substituents is 2. The van der Waals surface area contributed by atoms with E-state index in [2.05, 4.69) is 0 Å². The van der Waals surface area contributed by atoms with Crippen LogP contribution < -0.4 is 15.8 Å². The number of ether oxygens (including phenoxy) is 5. The summed E-state index contributed by atoms with van der Waals surface area (Å²) in [5.41, 5.74) is 1.15. The first-order valence-corrected chi connectivity index (χ1v) is 17.0. The van der Waals surface area contributed by atoms with Gasteiger partial charge in [-0.1, -0.05) is 12.1 Å². The third-order valence-electron chi connectivity index (χ3n) is 10.4. The highest BCUT2D eigenvalue weighted by atomic mass is 35.5. The maximum Gasteiger partial charge on any atom is 0.471 e. The van der Waals surface area contributed by atoms with Crippen molar-refractivity contribution in [2.24, 2.45) is 5.73 Å². The minimum atomic E-state index is -5.32. The van der Waals surface area contributed by atoms with E-state index in [1.54, 1.807) is 0 Å². The predicted molar refractivity (Wildman–Crippen MR) is 181 cm³/mol. The Bertz CT molecular complexity index is 1870. The summed E-state index contributed by atoms with van der Waals surface area (Å²) in [6, 6.07) is 1.83. The molecule has 10 unspecified atom stereocenters. The normalized spacial score (nSPS) is 31.7. The second-order valence-electron chi connectivity index (χ2n) is 13.8. The van der Waals surface area contributed by atoms with E-state index in [9.17, 15) is 57.9 Å². The number of alkyl halides is 3. The lowest BCUT2D eigenvalue weighted by molar-refractivity contribution is -0.297. The fraction of sp³-hybridized carbons (Fsp3) is 0.543. The Morgan fingerprint density at radius 2 is 1.64 bits per heavy atom. The summed E-state index contributed by atoms with van der Waals surface area (Å²) >= 11 is 0. The SMILES string of the molecule is COc1cccc2c1C(=O)c1c(O)c3c(c(O)c1C2=O)CC(O)(C(=O)CO)CC3OC1CC(NC(=O)C(F)(F)F)C(OC2CC(N)C(O)C(C)O2)C(C)O1.Cl. The van der Waals surface area contributed by atoms with Gasteiger partial charge in [0.1, 0.15) is 35.6 Å². The summed E-state index contributed by atoms with van der Waals surface area (Å²) in [7, 11) is 1.25. The standard InChI is InChI=1S/C35H39F3N2O14.ClH/c1-12-27(43)16(39)7-21(51-12)54-32-13(2)52-22(8-17(32)40-33(48)35(36,37)38)53-19-10-34(49,20(42)11-41)9-15-24(19)31(47)26-25(29(15)45)28(44)14-5-4-6-18(50-3)23(14)30(26)46;/h4-6,12-13,16-17,19,21-22,27,32,41,43,45,47,49H,7-11,39H2,1-3H3,(H,40,48);1H. The molecular formula is C35H40ClF3N2O14. The third-order valence-corrected chi connectivity index (χ3v) is 10.4. The highest BCUT2D eigenvalue weighted by Crippen LogP contribution is 2.52. The number of fused-ring (bicyclic) bond motifs is 3. The molecule has 16 nitrogen and oxygen atoms in total. The Labute approximate surface area is 317 Å². The van der Waals surface area contributed by atoms with Gasteiger partial charge < -0.3 is 60.3 Å². The van der Waals surface area contributed by atoms with Crippen molar-refractivity contribution < 1.29 is 81.6 Å². The fourth-order valence-electron chi connectivity index (χ4n) is 7.65. The van der Waals surface area contributed by atoms with E-state index in [4.69, 9.17) is 29.4 Å². The number of ketones is 3. The number of carbonyl (C=O) groups is 4. The summed E-state index contributed by atoms with van der Waals surface area (Å²) < 4.78 is 69.5. The third kappa shape index (κ3) is 7.52. The molecule has 10 atom stereocenters. The Kier molecular flexibility index (Phi) is 11.9. The number of Topliss-reactive ketones (excluding diaryl/α,β-unsaturated/α-hetero) is 1. The second kappa shape index (κ2) is 15.5. The van der Waals surface area contributed by atoms with E-state index in [-0.39, 0.29) is 46.8 Å². The van der Waals surface area contributed by atoms with Crippen molar-refractivity contribution in [3.8, 4) is 17.2 Å². The molecule has 8 N–H and O–H groups in total. The van der Waals surface area contributed by atoms with Crippen molar-refractivity contribution in [1.29, 1.82) is 0 Å². The number of aliphatic hydroxyl groups excluding tert-OH is 2. The van der Waals surface area contributed by atoms with Crippen LogP contribution in [0.4, 0.5) is 13.2 Å². The molecule has 0 aromatic heterocycles. The molecule has 2 fully saturated rings. The smallest absolute Gasteiger partial charge is 0.471 e. The van der Waals surface area contributed by atoms with E-state index in [1.807, 2.05) is 5.32 Å². The summed E-state index contributed by atoms with van der Waals surface area (Å²) in [5, 5.41) is 56.6. The van der Waals surface area contributed by atoms with Crippen molar-refractivity contribution in [2.45, 2.75) is 106 Å². The number of methoxy groups -OCH3 is 1. The van der Waals surface area contributed by atoms with Crippen molar-refractivity contribution in [2.75, 3.05) is 13.7 Å². The number of hydrogen-bond donors (Lipinski definition) is 7. The molecule has 0 radical (unpaired) electrons. The number of nitrogens with two attached hydrogens (primary N) is 1. The molecule has 0 saturated carbocycles. The lowest BCUT2D eigenvalue weighted by atomic mass is 9.72. The largest absolute Gasteiger partial charge is 0.507 e. The maximum absolute atomic E-state index is 13.9. The van der Waals surface area contributed by atoms with Crippen molar-refractivity contribution in [1.82, 2.24) is 5.32 Å². The van der Waals surface area contributed by atoms with Gasteiger partial charge in [0.05, 0.1) is 54.3 Å². The first-order valence-electron chi connectivity index (χ1n) is 17.0. The number of benzene rings is 2. The number of nitrogens with one attached hydrogen (secondary N) is 1. The van der Waals surface area contributed by atoms with Crippen LogP contribution >= 0.6 is 12.4 Å². The number of aliphatic hydroxyl groups is 3. The predicted octanol–water partition coefficient (Wildman–Crippen LogP) is 0.990. The lowest BCUT2D eigenvalue weighted by Gasteiger charge is -2.45. The van der Waals surface area contributed by atoms with Crippen LogP contribution in [0.15, 0.2) is 18.2 Å². The Morgan fingerprint density at radius 3 is 2.25 bits per heavy atom. The van der Waals surface area contributed by atoms with E-state index < -0.39 is 139 Å². The van der Waals surface area contributed by atoms with Crippen LogP contribution in [0, 0.1) is 0 Å². The van der Waals surface area contributed by atoms with E-state index in [0.717, 1.165) is 0 Å². The number of amides is 1. The van der Waals surface area contributed by atoms with Crippen LogP contribution in [0.25, 0.3) is 0 Å². The zero-order chi connectivity index (χ0) is 39.6. The molecule has 2 aromatic rings. The average molecular weight is 805 g/mol. The summed E-state index contributed by atoms with van der Waals surface area (Å²) in [5.74, 6) is -6.99. The van der Waals surface area contributed by atoms with Gasteiger partial charge >= 0.3 is 12.1 Å². The van der Waals surface area contributed by atoms with Crippen LogP contribution in [0.3, 0.4) is 0 Å². The van der Waals surface area contributed by atoms with Crippen molar-refractivity contribution in [3.63, 3.8) is 0 Å². The molecule has 2 aromatic carbocycles. The van der Waals surface area contributed by atoms with Crippen molar-refractivity contribution in [3.05, 3.63) is 51.6 Å². The molecular weight excluding hydrogens is 765 g/mol. The molecule has 4 aliphatic rings. The Hall–Kier alpha value is -3.92. The molecule has 2 aliphatic carbocycles. The van der Waals surface area contributed by atoms with Crippen LogP contribution in [-0.2, 0) is 35.0 Å². The van der Waals surface area contributed by atoms with Crippen molar-refractivity contribution >= 4 is 35.7 Å². The van der Waals surface area contributed by atoms with Gasteiger partial charge in [0.25, 0.3) is 0 Å². The molecule has 302 valence electrons. The minimum Gasteiger partial charge on any atom is -0.507 e. The van der Waals surface area contributed by atoms with Crippen LogP contribution in [0.1, 0.15) is 82.2 Å². The summed E-state index contributed by atoms with van der Waals surface area (Å²) in [6.45, 7) is 1.73. The van der Waals surface area contributed by atoms with E-state index in [1.165, 1.54) is 39.2 Å². The van der Waals surface area contributed by atoms with E-state index >= 15 is 0 Å². The highest BCUT2D eigenvalue weighted by molar-refractivity contribution is 6.31. The molecule has 0 bridgehead atoms. The van der Waals surface area contributed by atoms with Crippen LogP contribution in [0.5, 0.6) is 17.2 Å². The number of phenols is 2.